The molecule has 0 N–H and O–H groups in total. The third kappa shape index (κ3) is 6.53. The van der Waals surface area contributed by atoms with Crippen molar-refractivity contribution >= 4 is 17.6 Å². The molecule has 0 spiro atoms. The van der Waals surface area contributed by atoms with E-state index in [0.29, 0.717) is 50.9 Å². The third-order valence-electron chi connectivity index (χ3n) is 6.26. The number of Topliss-reactive ketones (excluding diaryl/α,β-unsaturated/α-hetero) is 1. The van der Waals surface area contributed by atoms with Crippen molar-refractivity contribution in [1.29, 1.82) is 0 Å². The molecule has 1 unspecified atom stereocenters. The molecule has 2 fully saturated rings. The minimum Gasteiger partial charge on any atom is -0.494 e. The van der Waals surface area contributed by atoms with E-state index in [-0.39, 0.29) is 30.4 Å². The van der Waals surface area contributed by atoms with Gasteiger partial charge in [0, 0.05) is 57.2 Å². The summed E-state index contributed by atoms with van der Waals surface area (Å²) in [6.07, 6.45) is 3.80. The van der Waals surface area contributed by atoms with Crippen LogP contribution >= 0.6 is 0 Å². The number of hydrogen-bond donors (Lipinski definition) is 0. The summed E-state index contributed by atoms with van der Waals surface area (Å²) in [4.78, 5) is 43.5. The molecule has 2 heterocycles. The van der Waals surface area contributed by atoms with E-state index in [1.54, 1.807) is 24.3 Å². The molecule has 7 nitrogen and oxygen atoms in total. The summed E-state index contributed by atoms with van der Waals surface area (Å²) in [7, 11) is 0. The number of amides is 2. The van der Waals surface area contributed by atoms with Gasteiger partial charge in [-0.15, -0.1) is 0 Å². The molecule has 31 heavy (non-hydrogen) atoms. The van der Waals surface area contributed by atoms with E-state index < -0.39 is 0 Å². The second-order valence-electron chi connectivity index (χ2n) is 8.47. The summed E-state index contributed by atoms with van der Waals surface area (Å²) in [5.74, 6) is 0.917. The maximum atomic E-state index is 12.6. The number of ether oxygens (including phenoxy) is 1. The van der Waals surface area contributed by atoms with E-state index in [2.05, 4.69) is 11.8 Å². The van der Waals surface area contributed by atoms with E-state index >= 15 is 0 Å². The Balaban J connectivity index is 1.38. The van der Waals surface area contributed by atoms with Crippen LogP contribution in [0.2, 0.25) is 0 Å². The van der Waals surface area contributed by atoms with Crippen LogP contribution in [0.15, 0.2) is 24.3 Å². The standard InChI is InChI=1S/C24H35N3O4/c1-3-31-21-9-7-20(8-10-21)22(28)11-12-23(29)26-16-14-25(15-17-26)18-24(30)27-13-5-4-6-19(27)2/h7-10,19H,3-6,11-18H2,1-2H3. The highest BCUT2D eigenvalue weighted by Crippen LogP contribution is 2.17. The van der Waals surface area contributed by atoms with Crippen molar-refractivity contribution in [2.24, 2.45) is 0 Å². The normalized spacial score (nSPS) is 19.9. The molecule has 170 valence electrons. The number of carbonyl (C=O) groups excluding carboxylic acids is 3. The topological polar surface area (TPSA) is 70.2 Å². The van der Waals surface area contributed by atoms with Gasteiger partial charge in [-0.1, -0.05) is 0 Å². The highest BCUT2D eigenvalue weighted by Gasteiger charge is 2.27. The van der Waals surface area contributed by atoms with Gasteiger partial charge in [0.25, 0.3) is 0 Å². The highest BCUT2D eigenvalue weighted by molar-refractivity contribution is 5.98. The van der Waals surface area contributed by atoms with Gasteiger partial charge in [-0.25, -0.2) is 0 Å². The molecule has 0 radical (unpaired) electrons. The minimum absolute atomic E-state index is 0.00918. The Morgan fingerprint density at radius 3 is 2.29 bits per heavy atom. The molecule has 2 saturated heterocycles. The molecule has 0 aliphatic carbocycles. The first-order valence-electron chi connectivity index (χ1n) is 11.5. The lowest BCUT2D eigenvalue weighted by Gasteiger charge is -2.38. The maximum Gasteiger partial charge on any atom is 0.236 e. The van der Waals surface area contributed by atoms with Crippen LogP contribution in [-0.2, 0) is 9.59 Å². The smallest absolute Gasteiger partial charge is 0.236 e. The minimum atomic E-state index is -0.0312. The number of nitrogens with zero attached hydrogens (tertiary/aromatic N) is 3. The summed E-state index contributed by atoms with van der Waals surface area (Å²) in [6, 6.07) is 7.39. The number of likely N-dealkylation sites (tertiary alicyclic amines) is 1. The number of carbonyl (C=O) groups is 3. The Hall–Kier alpha value is -2.41. The van der Waals surface area contributed by atoms with Crippen LogP contribution in [0.1, 0.15) is 56.3 Å². The summed E-state index contributed by atoms with van der Waals surface area (Å²) < 4.78 is 5.39. The summed E-state index contributed by atoms with van der Waals surface area (Å²) in [5.41, 5.74) is 0.603. The van der Waals surface area contributed by atoms with Gasteiger partial charge in [-0.2, -0.15) is 0 Å². The van der Waals surface area contributed by atoms with Crippen molar-refractivity contribution in [3.63, 3.8) is 0 Å². The zero-order valence-electron chi connectivity index (χ0n) is 18.8. The van der Waals surface area contributed by atoms with Gasteiger partial charge in [-0.3, -0.25) is 19.3 Å². The number of benzene rings is 1. The summed E-state index contributed by atoms with van der Waals surface area (Å²) in [5, 5.41) is 0. The predicted octanol–water partition coefficient (Wildman–Crippen LogP) is 2.59. The molecule has 0 saturated carbocycles. The van der Waals surface area contributed by atoms with Gasteiger partial charge in [0.15, 0.2) is 5.78 Å². The van der Waals surface area contributed by atoms with Crippen molar-refractivity contribution in [2.75, 3.05) is 45.9 Å². The number of piperazine rings is 1. The summed E-state index contributed by atoms with van der Waals surface area (Å²) >= 11 is 0. The zero-order chi connectivity index (χ0) is 22.2. The van der Waals surface area contributed by atoms with Crippen molar-refractivity contribution in [3.8, 4) is 5.75 Å². The number of rotatable bonds is 8. The monoisotopic (exact) mass is 429 g/mol. The predicted molar refractivity (Wildman–Crippen MR) is 119 cm³/mol. The van der Waals surface area contributed by atoms with Gasteiger partial charge in [0.1, 0.15) is 5.75 Å². The molecule has 2 amide bonds. The molecule has 2 aliphatic rings. The molecular weight excluding hydrogens is 394 g/mol. The van der Waals surface area contributed by atoms with E-state index in [1.807, 2.05) is 16.7 Å². The lowest BCUT2D eigenvalue weighted by molar-refractivity contribution is -0.137. The largest absolute Gasteiger partial charge is 0.494 e. The quantitative estimate of drug-likeness (QED) is 0.594. The van der Waals surface area contributed by atoms with Crippen LogP contribution in [0.5, 0.6) is 5.75 Å². The first-order chi connectivity index (χ1) is 15.0. The zero-order valence-corrected chi connectivity index (χ0v) is 18.8. The molecule has 0 bridgehead atoms. The Kier molecular flexibility index (Phi) is 8.46. The Labute approximate surface area is 185 Å². The van der Waals surface area contributed by atoms with Crippen LogP contribution in [0, 0.1) is 0 Å². The first kappa shape index (κ1) is 23.3. The molecule has 3 rings (SSSR count). The van der Waals surface area contributed by atoms with E-state index in [9.17, 15) is 14.4 Å². The fourth-order valence-electron chi connectivity index (χ4n) is 4.33. The second kappa shape index (κ2) is 11.3. The second-order valence-corrected chi connectivity index (χ2v) is 8.47. The van der Waals surface area contributed by atoms with Gasteiger partial charge >= 0.3 is 0 Å². The molecule has 7 heteroatoms. The third-order valence-corrected chi connectivity index (χ3v) is 6.26. The van der Waals surface area contributed by atoms with Gasteiger partial charge in [-0.05, 0) is 57.4 Å². The number of piperidine rings is 1. The van der Waals surface area contributed by atoms with Crippen molar-refractivity contribution in [1.82, 2.24) is 14.7 Å². The van der Waals surface area contributed by atoms with Crippen LogP contribution in [0.25, 0.3) is 0 Å². The first-order valence-corrected chi connectivity index (χ1v) is 11.5. The molecule has 1 atom stereocenters. The van der Waals surface area contributed by atoms with Crippen molar-refractivity contribution in [3.05, 3.63) is 29.8 Å². The lowest BCUT2D eigenvalue weighted by Crippen LogP contribution is -2.53. The Morgan fingerprint density at radius 1 is 0.935 bits per heavy atom. The molecule has 2 aliphatic heterocycles. The molecule has 1 aromatic rings. The Bertz CT molecular complexity index is 757. The van der Waals surface area contributed by atoms with Crippen molar-refractivity contribution in [2.45, 2.75) is 52.0 Å². The van der Waals surface area contributed by atoms with Crippen LogP contribution in [0.4, 0.5) is 0 Å². The van der Waals surface area contributed by atoms with E-state index in [4.69, 9.17) is 4.74 Å². The van der Waals surface area contributed by atoms with Gasteiger partial charge in [0.2, 0.25) is 11.8 Å². The Morgan fingerprint density at radius 2 is 1.65 bits per heavy atom. The number of ketones is 1. The van der Waals surface area contributed by atoms with E-state index in [1.165, 1.54) is 6.42 Å². The lowest BCUT2D eigenvalue weighted by atomic mass is 10.0. The van der Waals surface area contributed by atoms with E-state index in [0.717, 1.165) is 25.1 Å². The fourth-order valence-corrected chi connectivity index (χ4v) is 4.33. The average Bonchev–Trinajstić information content (AvgIpc) is 2.78. The van der Waals surface area contributed by atoms with Crippen LogP contribution in [0.3, 0.4) is 0 Å². The molecule has 1 aromatic carbocycles. The average molecular weight is 430 g/mol. The van der Waals surface area contributed by atoms with Crippen LogP contribution in [-0.4, -0.2) is 84.2 Å². The van der Waals surface area contributed by atoms with Crippen LogP contribution < -0.4 is 4.74 Å². The fraction of sp³-hybridized carbons (Fsp3) is 0.625. The maximum absolute atomic E-state index is 12.6. The molecular formula is C24H35N3O4. The van der Waals surface area contributed by atoms with Crippen molar-refractivity contribution < 1.29 is 19.1 Å². The highest BCUT2D eigenvalue weighted by atomic mass is 16.5. The summed E-state index contributed by atoms with van der Waals surface area (Å²) in [6.45, 7) is 8.54. The molecule has 0 aromatic heterocycles. The SMILES string of the molecule is CCOc1ccc(C(=O)CCC(=O)N2CCN(CC(=O)N3CCCCC3C)CC2)cc1. The van der Waals surface area contributed by atoms with Gasteiger partial charge in [0.05, 0.1) is 13.2 Å². The number of hydrogen-bond acceptors (Lipinski definition) is 5. The van der Waals surface area contributed by atoms with Gasteiger partial charge < -0.3 is 14.5 Å².